The SMILES string of the molecule is CC(C)N(CCOc1ccc(NC(=O)c2c[nH]c3c2C(=O)CCC3)cc1)C(C)C. The number of benzene rings is 1. The molecule has 0 unspecified atom stereocenters. The molecule has 29 heavy (non-hydrogen) atoms. The van der Waals surface area contributed by atoms with Crippen LogP contribution in [0.5, 0.6) is 5.75 Å². The minimum atomic E-state index is -0.268. The summed E-state index contributed by atoms with van der Waals surface area (Å²) in [5.74, 6) is 0.541. The molecule has 0 fully saturated rings. The number of nitrogens with one attached hydrogen (secondary N) is 2. The maximum atomic E-state index is 12.6. The molecule has 1 aromatic carbocycles. The third-order valence-corrected chi connectivity index (χ3v) is 5.37. The Morgan fingerprint density at radius 2 is 1.83 bits per heavy atom. The Morgan fingerprint density at radius 3 is 2.48 bits per heavy atom. The Balaban J connectivity index is 1.56. The lowest BCUT2D eigenvalue weighted by Gasteiger charge is -2.30. The standard InChI is InChI=1S/C23H31N3O3/c1-15(2)26(16(3)4)12-13-29-18-10-8-17(9-11-18)25-23(28)19-14-24-20-6-5-7-21(27)22(19)20/h8-11,14-16,24H,5-7,12-13H2,1-4H3,(H,25,28). The van der Waals surface area contributed by atoms with Crippen LogP contribution in [0.2, 0.25) is 0 Å². The summed E-state index contributed by atoms with van der Waals surface area (Å²) in [6, 6.07) is 8.28. The van der Waals surface area contributed by atoms with Crippen molar-refractivity contribution >= 4 is 17.4 Å². The van der Waals surface area contributed by atoms with Gasteiger partial charge in [0.05, 0.1) is 11.1 Å². The van der Waals surface area contributed by atoms with Crippen LogP contribution < -0.4 is 10.1 Å². The van der Waals surface area contributed by atoms with Crippen molar-refractivity contribution in [2.45, 2.75) is 59.0 Å². The Bertz CT molecular complexity index is 845. The van der Waals surface area contributed by atoms with Gasteiger partial charge in [-0.15, -0.1) is 0 Å². The van der Waals surface area contributed by atoms with Gasteiger partial charge in [0.15, 0.2) is 5.78 Å². The second-order valence-corrected chi connectivity index (χ2v) is 8.08. The molecule has 6 nitrogen and oxygen atoms in total. The van der Waals surface area contributed by atoms with E-state index in [9.17, 15) is 9.59 Å². The minimum absolute atomic E-state index is 0.0400. The molecule has 3 rings (SSSR count). The maximum Gasteiger partial charge on any atom is 0.257 e. The van der Waals surface area contributed by atoms with Crippen molar-refractivity contribution in [1.82, 2.24) is 9.88 Å². The predicted molar refractivity (Wildman–Crippen MR) is 115 cm³/mol. The van der Waals surface area contributed by atoms with Gasteiger partial charge in [0, 0.05) is 42.6 Å². The van der Waals surface area contributed by atoms with E-state index >= 15 is 0 Å². The number of aromatic amines is 1. The van der Waals surface area contributed by atoms with Crippen molar-refractivity contribution in [3.8, 4) is 5.75 Å². The lowest BCUT2D eigenvalue weighted by Crippen LogP contribution is -2.39. The summed E-state index contributed by atoms with van der Waals surface area (Å²) in [6.07, 6.45) is 3.78. The summed E-state index contributed by atoms with van der Waals surface area (Å²) in [5, 5.41) is 2.87. The number of aryl methyl sites for hydroxylation is 1. The highest BCUT2D eigenvalue weighted by molar-refractivity contribution is 6.13. The molecule has 156 valence electrons. The summed E-state index contributed by atoms with van der Waals surface area (Å²) in [4.78, 5) is 30.3. The van der Waals surface area contributed by atoms with Crippen molar-refractivity contribution in [2.24, 2.45) is 0 Å². The quantitative estimate of drug-likeness (QED) is 0.697. The summed E-state index contributed by atoms with van der Waals surface area (Å²) in [5.41, 5.74) is 2.51. The number of anilines is 1. The van der Waals surface area contributed by atoms with Gasteiger partial charge in [-0.1, -0.05) is 0 Å². The van der Waals surface area contributed by atoms with E-state index in [1.54, 1.807) is 6.20 Å². The molecule has 0 bridgehead atoms. The number of ether oxygens (including phenoxy) is 1. The minimum Gasteiger partial charge on any atom is -0.492 e. The number of carbonyl (C=O) groups excluding carboxylic acids is 2. The fourth-order valence-corrected chi connectivity index (χ4v) is 3.93. The van der Waals surface area contributed by atoms with Crippen LogP contribution >= 0.6 is 0 Å². The van der Waals surface area contributed by atoms with Gasteiger partial charge in [0.25, 0.3) is 5.91 Å². The van der Waals surface area contributed by atoms with E-state index < -0.39 is 0 Å². The van der Waals surface area contributed by atoms with Gasteiger partial charge in [-0.05, 0) is 64.8 Å². The molecule has 0 spiro atoms. The average molecular weight is 398 g/mol. The van der Waals surface area contributed by atoms with E-state index in [1.807, 2.05) is 24.3 Å². The molecule has 1 aromatic heterocycles. The largest absolute Gasteiger partial charge is 0.492 e. The van der Waals surface area contributed by atoms with E-state index in [4.69, 9.17) is 4.74 Å². The number of aromatic nitrogens is 1. The van der Waals surface area contributed by atoms with Crippen LogP contribution in [-0.2, 0) is 6.42 Å². The molecule has 1 aliphatic rings. The van der Waals surface area contributed by atoms with Gasteiger partial charge in [0.1, 0.15) is 12.4 Å². The average Bonchev–Trinajstić information content (AvgIpc) is 3.11. The number of ketones is 1. The van der Waals surface area contributed by atoms with Gasteiger partial charge < -0.3 is 15.0 Å². The number of amides is 1. The Hall–Kier alpha value is -2.60. The van der Waals surface area contributed by atoms with Gasteiger partial charge in [-0.2, -0.15) is 0 Å². The zero-order valence-corrected chi connectivity index (χ0v) is 17.7. The lowest BCUT2D eigenvalue weighted by atomic mass is 9.93. The first-order valence-corrected chi connectivity index (χ1v) is 10.4. The smallest absolute Gasteiger partial charge is 0.257 e. The van der Waals surface area contributed by atoms with Crippen LogP contribution in [0.3, 0.4) is 0 Å². The number of carbonyl (C=O) groups is 2. The lowest BCUT2D eigenvalue weighted by molar-refractivity contribution is 0.0956. The number of fused-ring (bicyclic) bond motifs is 1. The van der Waals surface area contributed by atoms with Crippen LogP contribution in [0, 0.1) is 0 Å². The highest BCUT2D eigenvalue weighted by atomic mass is 16.5. The van der Waals surface area contributed by atoms with Gasteiger partial charge in [-0.25, -0.2) is 0 Å². The van der Waals surface area contributed by atoms with E-state index in [0.717, 1.165) is 30.8 Å². The molecule has 1 aliphatic carbocycles. The molecule has 6 heteroatoms. The van der Waals surface area contributed by atoms with Crippen LogP contribution in [0.4, 0.5) is 5.69 Å². The van der Waals surface area contributed by atoms with Crippen molar-refractivity contribution in [3.05, 3.63) is 47.3 Å². The zero-order chi connectivity index (χ0) is 21.0. The fraction of sp³-hybridized carbons (Fsp3) is 0.478. The molecule has 0 aliphatic heterocycles. The molecule has 2 N–H and O–H groups in total. The molecule has 0 saturated carbocycles. The number of Topliss-reactive ketones (excluding diaryl/α,β-unsaturated/α-hetero) is 1. The van der Waals surface area contributed by atoms with Crippen molar-refractivity contribution in [2.75, 3.05) is 18.5 Å². The molecule has 1 heterocycles. The topological polar surface area (TPSA) is 74.4 Å². The first kappa shape index (κ1) is 21.1. The number of rotatable bonds is 8. The third-order valence-electron chi connectivity index (χ3n) is 5.37. The fourth-order valence-electron chi connectivity index (χ4n) is 3.93. The summed E-state index contributed by atoms with van der Waals surface area (Å²) >= 11 is 0. The number of hydrogen-bond donors (Lipinski definition) is 2. The summed E-state index contributed by atoms with van der Waals surface area (Å²) in [7, 11) is 0. The van der Waals surface area contributed by atoms with Crippen LogP contribution in [0.15, 0.2) is 30.5 Å². The first-order chi connectivity index (χ1) is 13.9. The van der Waals surface area contributed by atoms with E-state index in [1.165, 1.54) is 0 Å². The van der Waals surface area contributed by atoms with E-state index in [0.29, 0.717) is 41.9 Å². The molecule has 0 atom stereocenters. The van der Waals surface area contributed by atoms with Crippen molar-refractivity contribution < 1.29 is 14.3 Å². The number of nitrogens with zero attached hydrogens (tertiary/aromatic N) is 1. The summed E-state index contributed by atoms with van der Waals surface area (Å²) in [6.45, 7) is 10.2. The monoisotopic (exact) mass is 397 g/mol. The van der Waals surface area contributed by atoms with E-state index in [-0.39, 0.29) is 11.7 Å². The predicted octanol–water partition coefficient (Wildman–Crippen LogP) is 4.28. The van der Waals surface area contributed by atoms with Crippen molar-refractivity contribution in [1.29, 1.82) is 0 Å². The van der Waals surface area contributed by atoms with Crippen LogP contribution in [0.25, 0.3) is 0 Å². The highest BCUT2D eigenvalue weighted by Crippen LogP contribution is 2.25. The Labute approximate surface area is 172 Å². The normalized spacial score (nSPS) is 13.8. The van der Waals surface area contributed by atoms with Crippen LogP contribution in [-0.4, -0.2) is 46.8 Å². The van der Waals surface area contributed by atoms with Crippen molar-refractivity contribution in [3.63, 3.8) is 0 Å². The van der Waals surface area contributed by atoms with E-state index in [2.05, 4.69) is 42.9 Å². The first-order valence-electron chi connectivity index (χ1n) is 10.4. The summed E-state index contributed by atoms with van der Waals surface area (Å²) < 4.78 is 5.85. The Morgan fingerprint density at radius 1 is 1.14 bits per heavy atom. The maximum absolute atomic E-state index is 12.6. The highest BCUT2D eigenvalue weighted by Gasteiger charge is 2.25. The van der Waals surface area contributed by atoms with Gasteiger partial charge in [-0.3, -0.25) is 14.5 Å². The second-order valence-electron chi connectivity index (χ2n) is 8.08. The zero-order valence-electron chi connectivity index (χ0n) is 17.7. The molecule has 1 amide bonds. The molecular weight excluding hydrogens is 366 g/mol. The Kier molecular flexibility index (Phi) is 6.75. The number of H-pyrrole nitrogens is 1. The van der Waals surface area contributed by atoms with Gasteiger partial charge >= 0.3 is 0 Å². The molecule has 0 saturated heterocycles. The van der Waals surface area contributed by atoms with Gasteiger partial charge in [0.2, 0.25) is 0 Å². The molecule has 0 radical (unpaired) electrons. The second kappa shape index (κ2) is 9.27. The third kappa shape index (κ3) is 5.07. The number of hydrogen-bond acceptors (Lipinski definition) is 4. The van der Waals surface area contributed by atoms with Crippen LogP contribution in [0.1, 0.15) is 66.9 Å². The molecule has 2 aromatic rings. The molecular formula is C23H31N3O3.